The predicted octanol–water partition coefficient (Wildman–Crippen LogP) is 2.55. The zero-order valence-corrected chi connectivity index (χ0v) is 10.5. The van der Waals surface area contributed by atoms with Crippen molar-refractivity contribution in [2.24, 2.45) is 11.1 Å². The van der Waals surface area contributed by atoms with Crippen LogP contribution in [-0.4, -0.2) is 18.9 Å². The normalized spacial score (nSPS) is 23.7. The van der Waals surface area contributed by atoms with E-state index in [1.54, 1.807) is 6.26 Å². The highest BCUT2D eigenvalue weighted by molar-refractivity contribution is 5.95. The molecular weight excluding hydrogens is 214 g/mol. The van der Waals surface area contributed by atoms with Gasteiger partial charge in [0.15, 0.2) is 5.78 Å². The van der Waals surface area contributed by atoms with E-state index in [0.717, 1.165) is 37.9 Å². The third kappa shape index (κ3) is 3.09. The van der Waals surface area contributed by atoms with E-state index in [-0.39, 0.29) is 11.2 Å². The molecule has 3 heteroatoms. The maximum Gasteiger partial charge on any atom is 0.162 e. The average Bonchev–Trinajstić information content (AvgIpc) is 2.41. The largest absolute Gasteiger partial charge is 0.501 e. The van der Waals surface area contributed by atoms with Gasteiger partial charge in [-0.25, -0.2) is 0 Å². The van der Waals surface area contributed by atoms with Gasteiger partial charge in [-0.1, -0.05) is 19.3 Å². The van der Waals surface area contributed by atoms with Crippen molar-refractivity contribution in [1.82, 2.24) is 0 Å². The van der Waals surface area contributed by atoms with Crippen LogP contribution in [0.15, 0.2) is 11.8 Å². The summed E-state index contributed by atoms with van der Waals surface area (Å²) in [7, 11) is 0. The van der Waals surface area contributed by atoms with Gasteiger partial charge in [-0.3, -0.25) is 4.79 Å². The molecule has 0 unspecified atom stereocenters. The molecule has 96 valence electrons. The third-order valence-corrected chi connectivity index (χ3v) is 4.17. The summed E-state index contributed by atoms with van der Waals surface area (Å²) in [6.45, 7) is 1.39. The summed E-state index contributed by atoms with van der Waals surface area (Å²) in [5.41, 5.74) is 6.86. The zero-order chi connectivity index (χ0) is 12.1. The van der Waals surface area contributed by atoms with E-state index < -0.39 is 0 Å². The lowest BCUT2D eigenvalue weighted by atomic mass is 9.70. The van der Waals surface area contributed by atoms with Gasteiger partial charge in [0.25, 0.3) is 0 Å². The molecule has 1 aliphatic heterocycles. The van der Waals surface area contributed by atoms with Gasteiger partial charge >= 0.3 is 0 Å². The van der Waals surface area contributed by atoms with E-state index in [1.165, 1.54) is 19.3 Å². The van der Waals surface area contributed by atoms with Crippen LogP contribution in [0.2, 0.25) is 0 Å². The second-order valence-electron chi connectivity index (χ2n) is 5.48. The zero-order valence-electron chi connectivity index (χ0n) is 10.5. The summed E-state index contributed by atoms with van der Waals surface area (Å²) in [6.07, 6.45) is 10.1. The number of rotatable bonds is 4. The third-order valence-electron chi connectivity index (χ3n) is 4.17. The average molecular weight is 237 g/mol. The number of Topliss-reactive ketones (excluding diaryl/α,β-unsaturated/α-hetero) is 1. The van der Waals surface area contributed by atoms with Crippen LogP contribution in [0.4, 0.5) is 0 Å². The van der Waals surface area contributed by atoms with Gasteiger partial charge in [-0.05, 0) is 37.6 Å². The highest BCUT2D eigenvalue weighted by Gasteiger charge is 2.33. The molecule has 0 bridgehead atoms. The van der Waals surface area contributed by atoms with Crippen LogP contribution in [0.5, 0.6) is 0 Å². The van der Waals surface area contributed by atoms with Crippen LogP contribution in [0.1, 0.15) is 51.4 Å². The SMILES string of the molecule is NCC1(CC(=O)C2=COCCC2)CCCCC1. The number of allylic oxidation sites excluding steroid dienone is 1. The Kier molecular flexibility index (Phi) is 4.21. The summed E-state index contributed by atoms with van der Waals surface area (Å²) in [6, 6.07) is 0. The highest BCUT2D eigenvalue weighted by Crippen LogP contribution is 2.39. The molecule has 0 aromatic carbocycles. The first-order valence-corrected chi connectivity index (χ1v) is 6.80. The number of hydrogen-bond acceptors (Lipinski definition) is 3. The van der Waals surface area contributed by atoms with Gasteiger partial charge in [0.1, 0.15) is 0 Å². The van der Waals surface area contributed by atoms with Gasteiger partial charge in [0, 0.05) is 12.0 Å². The van der Waals surface area contributed by atoms with E-state index >= 15 is 0 Å². The van der Waals surface area contributed by atoms with Crippen molar-refractivity contribution < 1.29 is 9.53 Å². The Hall–Kier alpha value is -0.830. The Morgan fingerprint density at radius 3 is 2.65 bits per heavy atom. The second kappa shape index (κ2) is 5.67. The van der Waals surface area contributed by atoms with Crippen molar-refractivity contribution in [3.63, 3.8) is 0 Å². The standard InChI is InChI=1S/C14H23NO2/c15-11-14(6-2-1-3-7-14)9-13(16)12-5-4-8-17-10-12/h10H,1-9,11,15H2. The Balaban J connectivity index is 1.97. The molecule has 17 heavy (non-hydrogen) atoms. The number of carbonyl (C=O) groups is 1. The van der Waals surface area contributed by atoms with Crippen molar-refractivity contribution in [3.8, 4) is 0 Å². The smallest absolute Gasteiger partial charge is 0.162 e. The molecule has 0 atom stereocenters. The van der Waals surface area contributed by atoms with Crippen LogP contribution in [-0.2, 0) is 9.53 Å². The summed E-state index contributed by atoms with van der Waals surface area (Å²) < 4.78 is 5.24. The molecular formula is C14H23NO2. The minimum atomic E-state index is 0.0770. The van der Waals surface area contributed by atoms with Crippen LogP contribution < -0.4 is 5.73 Å². The summed E-state index contributed by atoms with van der Waals surface area (Å²) in [4.78, 5) is 12.2. The van der Waals surface area contributed by atoms with E-state index in [0.29, 0.717) is 13.0 Å². The van der Waals surface area contributed by atoms with Gasteiger partial charge in [-0.2, -0.15) is 0 Å². The van der Waals surface area contributed by atoms with Crippen LogP contribution in [0, 0.1) is 5.41 Å². The van der Waals surface area contributed by atoms with Crippen molar-refractivity contribution >= 4 is 5.78 Å². The van der Waals surface area contributed by atoms with Crippen molar-refractivity contribution in [3.05, 3.63) is 11.8 Å². The summed E-state index contributed by atoms with van der Waals surface area (Å²) in [5.74, 6) is 0.261. The Morgan fingerprint density at radius 1 is 1.29 bits per heavy atom. The molecule has 0 spiro atoms. The number of ketones is 1. The highest BCUT2D eigenvalue weighted by atomic mass is 16.5. The molecule has 0 saturated heterocycles. The molecule has 2 aliphatic rings. The number of hydrogen-bond donors (Lipinski definition) is 1. The van der Waals surface area contributed by atoms with Gasteiger partial charge in [0.05, 0.1) is 12.9 Å². The molecule has 1 saturated carbocycles. The molecule has 0 radical (unpaired) electrons. The molecule has 0 aromatic rings. The fraction of sp³-hybridized carbons (Fsp3) is 0.786. The number of nitrogens with two attached hydrogens (primary N) is 1. The Bertz CT molecular complexity index is 303. The number of ether oxygens (including phenoxy) is 1. The summed E-state index contributed by atoms with van der Waals surface area (Å²) in [5, 5.41) is 0. The van der Waals surface area contributed by atoms with E-state index in [1.807, 2.05) is 0 Å². The van der Waals surface area contributed by atoms with Crippen LogP contribution in [0.25, 0.3) is 0 Å². The number of carbonyl (C=O) groups excluding carboxylic acids is 1. The van der Waals surface area contributed by atoms with Gasteiger partial charge < -0.3 is 10.5 Å². The van der Waals surface area contributed by atoms with Crippen molar-refractivity contribution in [1.29, 1.82) is 0 Å². The Morgan fingerprint density at radius 2 is 2.06 bits per heavy atom. The molecule has 1 heterocycles. The molecule has 2 rings (SSSR count). The van der Waals surface area contributed by atoms with Crippen molar-refractivity contribution in [2.45, 2.75) is 51.4 Å². The van der Waals surface area contributed by atoms with Crippen LogP contribution >= 0.6 is 0 Å². The maximum atomic E-state index is 12.2. The lowest BCUT2D eigenvalue weighted by Gasteiger charge is -2.36. The van der Waals surface area contributed by atoms with E-state index in [2.05, 4.69) is 0 Å². The molecule has 2 N–H and O–H groups in total. The quantitative estimate of drug-likeness (QED) is 0.817. The topological polar surface area (TPSA) is 52.3 Å². The second-order valence-corrected chi connectivity index (χ2v) is 5.48. The van der Waals surface area contributed by atoms with E-state index in [4.69, 9.17) is 10.5 Å². The molecule has 1 aliphatic carbocycles. The fourth-order valence-corrected chi connectivity index (χ4v) is 2.98. The maximum absolute atomic E-state index is 12.2. The first-order valence-electron chi connectivity index (χ1n) is 6.80. The predicted molar refractivity (Wildman–Crippen MR) is 67.5 cm³/mol. The lowest BCUT2D eigenvalue weighted by Crippen LogP contribution is -2.35. The van der Waals surface area contributed by atoms with Crippen molar-refractivity contribution in [2.75, 3.05) is 13.2 Å². The van der Waals surface area contributed by atoms with Crippen LogP contribution in [0.3, 0.4) is 0 Å². The van der Waals surface area contributed by atoms with Gasteiger partial charge in [0.2, 0.25) is 0 Å². The first-order chi connectivity index (χ1) is 8.26. The fourth-order valence-electron chi connectivity index (χ4n) is 2.98. The summed E-state index contributed by atoms with van der Waals surface area (Å²) >= 11 is 0. The molecule has 0 aromatic heterocycles. The minimum absolute atomic E-state index is 0.0770. The molecule has 1 fully saturated rings. The monoisotopic (exact) mass is 237 g/mol. The lowest BCUT2D eigenvalue weighted by molar-refractivity contribution is -0.118. The molecule has 3 nitrogen and oxygen atoms in total. The minimum Gasteiger partial charge on any atom is -0.501 e. The molecule has 0 amide bonds. The van der Waals surface area contributed by atoms with E-state index in [9.17, 15) is 4.79 Å². The van der Waals surface area contributed by atoms with Gasteiger partial charge in [-0.15, -0.1) is 0 Å². The first kappa shape index (κ1) is 12.6. The Labute approximate surface area is 103 Å².